The third-order valence-corrected chi connectivity index (χ3v) is 3.10. The van der Waals surface area contributed by atoms with Crippen molar-refractivity contribution in [3.05, 3.63) is 23.9 Å². The van der Waals surface area contributed by atoms with Gasteiger partial charge in [0.05, 0.1) is 0 Å². The van der Waals surface area contributed by atoms with Crippen LogP contribution in [-0.4, -0.2) is 28.4 Å². The van der Waals surface area contributed by atoms with Gasteiger partial charge in [-0.25, -0.2) is 14.6 Å². The lowest BCUT2D eigenvalue weighted by Crippen LogP contribution is -2.44. The molecule has 0 fully saturated rings. The van der Waals surface area contributed by atoms with Crippen molar-refractivity contribution in [1.82, 2.24) is 4.98 Å². The average molecular weight is 401 g/mol. The molecule has 0 aliphatic heterocycles. The van der Waals surface area contributed by atoms with Crippen LogP contribution in [0.15, 0.2) is 18.3 Å². The van der Waals surface area contributed by atoms with Crippen LogP contribution in [0.4, 0.5) is 15.4 Å². The standard InChI is InChI=1S/C17H25BrN2O4/c1-11(18)12-9-8-10-19-13(12)20(14(21)23-16(2,3)4)15(22)24-17(5,6)7/h8-11H,1-7H3. The van der Waals surface area contributed by atoms with Crippen molar-refractivity contribution >= 4 is 33.9 Å². The summed E-state index contributed by atoms with van der Waals surface area (Å²) in [6, 6.07) is 3.52. The van der Waals surface area contributed by atoms with Gasteiger partial charge in [-0.15, -0.1) is 0 Å². The number of carbonyl (C=O) groups excluding carboxylic acids is 2. The number of hydrogen-bond acceptors (Lipinski definition) is 5. The zero-order valence-electron chi connectivity index (χ0n) is 15.2. The van der Waals surface area contributed by atoms with Gasteiger partial charge in [0, 0.05) is 16.6 Å². The highest BCUT2D eigenvalue weighted by molar-refractivity contribution is 9.09. The lowest BCUT2D eigenvalue weighted by molar-refractivity contribution is 0.0428. The van der Waals surface area contributed by atoms with Crippen molar-refractivity contribution in [3.63, 3.8) is 0 Å². The Balaban J connectivity index is 3.34. The second-order valence-electron chi connectivity index (χ2n) is 7.33. The van der Waals surface area contributed by atoms with Gasteiger partial charge >= 0.3 is 12.2 Å². The number of rotatable bonds is 2. The van der Waals surface area contributed by atoms with E-state index in [1.807, 2.05) is 6.92 Å². The molecule has 134 valence electrons. The molecule has 0 bridgehead atoms. The van der Waals surface area contributed by atoms with Crippen LogP contribution in [0, 0.1) is 0 Å². The number of alkyl halides is 1. The minimum atomic E-state index is -0.829. The van der Waals surface area contributed by atoms with Gasteiger partial charge in [0.1, 0.15) is 11.2 Å². The minimum Gasteiger partial charge on any atom is -0.443 e. The van der Waals surface area contributed by atoms with E-state index in [4.69, 9.17) is 9.47 Å². The summed E-state index contributed by atoms with van der Waals surface area (Å²) in [5.41, 5.74) is -0.840. The molecule has 0 aliphatic carbocycles. The molecule has 7 heteroatoms. The summed E-state index contributed by atoms with van der Waals surface area (Å²) in [6.45, 7) is 12.2. The van der Waals surface area contributed by atoms with E-state index in [1.54, 1.807) is 53.7 Å². The molecule has 1 aromatic heterocycles. The summed E-state index contributed by atoms with van der Waals surface area (Å²) in [6.07, 6.45) is -0.148. The molecule has 0 N–H and O–H groups in total. The van der Waals surface area contributed by atoms with Crippen molar-refractivity contribution in [3.8, 4) is 0 Å². The van der Waals surface area contributed by atoms with Gasteiger partial charge in [0.2, 0.25) is 0 Å². The third-order valence-electron chi connectivity index (χ3n) is 2.61. The molecule has 24 heavy (non-hydrogen) atoms. The summed E-state index contributed by atoms with van der Waals surface area (Å²) in [4.78, 5) is 30.1. The third kappa shape index (κ3) is 6.11. The highest BCUT2D eigenvalue weighted by Crippen LogP contribution is 2.31. The van der Waals surface area contributed by atoms with Crippen LogP contribution in [0.5, 0.6) is 0 Å². The van der Waals surface area contributed by atoms with Crippen molar-refractivity contribution in [2.24, 2.45) is 0 Å². The first-order chi connectivity index (χ1) is 10.8. The van der Waals surface area contributed by atoms with Crippen molar-refractivity contribution in [2.75, 3.05) is 4.90 Å². The van der Waals surface area contributed by atoms with Gasteiger partial charge in [0.25, 0.3) is 0 Å². The van der Waals surface area contributed by atoms with Crippen LogP contribution in [0.2, 0.25) is 0 Å². The molecule has 0 aromatic carbocycles. The second kappa shape index (κ2) is 7.51. The summed E-state index contributed by atoms with van der Waals surface area (Å²) < 4.78 is 10.7. The van der Waals surface area contributed by atoms with Crippen molar-refractivity contribution < 1.29 is 19.1 Å². The second-order valence-corrected chi connectivity index (χ2v) is 8.70. The van der Waals surface area contributed by atoms with E-state index >= 15 is 0 Å². The number of nitrogens with zero attached hydrogens (tertiary/aromatic N) is 2. The van der Waals surface area contributed by atoms with Crippen LogP contribution < -0.4 is 4.90 Å². The van der Waals surface area contributed by atoms with E-state index in [0.717, 1.165) is 4.90 Å². The maximum Gasteiger partial charge on any atom is 0.425 e. The highest BCUT2D eigenvalue weighted by Gasteiger charge is 2.35. The molecule has 0 radical (unpaired) electrons. The number of amides is 2. The van der Waals surface area contributed by atoms with Crippen LogP contribution in [-0.2, 0) is 9.47 Å². The summed E-state index contributed by atoms with van der Waals surface area (Å²) in [5, 5.41) is 0. The van der Waals surface area contributed by atoms with Crippen LogP contribution in [0.3, 0.4) is 0 Å². The molecule has 1 aromatic rings. The number of pyridine rings is 1. The molecule has 1 heterocycles. The fourth-order valence-corrected chi connectivity index (χ4v) is 2.13. The average Bonchev–Trinajstić information content (AvgIpc) is 2.34. The summed E-state index contributed by atoms with van der Waals surface area (Å²) in [7, 11) is 0. The first kappa shape index (κ1) is 20.4. The summed E-state index contributed by atoms with van der Waals surface area (Å²) in [5.74, 6) is 0.186. The number of halogens is 1. The number of anilines is 1. The normalized spacial score (nSPS) is 13.2. The quantitative estimate of drug-likeness (QED) is 0.636. The van der Waals surface area contributed by atoms with Gasteiger partial charge in [0.15, 0.2) is 5.82 Å². The lowest BCUT2D eigenvalue weighted by Gasteiger charge is -2.29. The zero-order valence-corrected chi connectivity index (χ0v) is 16.8. The van der Waals surface area contributed by atoms with E-state index in [0.29, 0.717) is 5.56 Å². The van der Waals surface area contributed by atoms with Crippen molar-refractivity contribution in [2.45, 2.75) is 64.5 Å². The Kier molecular flexibility index (Phi) is 6.38. The zero-order chi connectivity index (χ0) is 18.7. The monoisotopic (exact) mass is 400 g/mol. The molecule has 0 spiro atoms. The van der Waals surface area contributed by atoms with Gasteiger partial charge in [-0.05, 0) is 54.5 Å². The summed E-state index contributed by atoms with van der Waals surface area (Å²) >= 11 is 3.45. The van der Waals surface area contributed by atoms with E-state index < -0.39 is 23.4 Å². The Morgan fingerprint density at radius 2 is 1.54 bits per heavy atom. The molecule has 1 rings (SSSR count). The first-order valence-corrected chi connectivity index (χ1v) is 8.58. The molecular weight excluding hydrogens is 376 g/mol. The van der Waals surface area contributed by atoms with Gasteiger partial charge in [-0.2, -0.15) is 4.90 Å². The first-order valence-electron chi connectivity index (χ1n) is 7.67. The molecule has 2 amide bonds. The molecule has 1 atom stereocenters. The Hall–Kier alpha value is -1.63. The van der Waals surface area contributed by atoms with Crippen LogP contribution in [0.1, 0.15) is 58.9 Å². The largest absolute Gasteiger partial charge is 0.443 e. The minimum absolute atomic E-state index is 0.117. The predicted molar refractivity (Wildman–Crippen MR) is 96.5 cm³/mol. The van der Waals surface area contributed by atoms with E-state index in [-0.39, 0.29) is 10.6 Å². The van der Waals surface area contributed by atoms with Crippen LogP contribution >= 0.6 is 15.9 Å². The maximum absolute atomic E-state index is 12.6. The number of hydrogen-bond donors (Lipinski definition) is 0. The van der Waals surface area contributed by atoms with E-state index in [1.165, 1.54) is 6.20 Å². The Morgan fingerprint density at radius 1 is 1.08 bits per heavy atom. The highest BCUT2D eigenvalue weighted by atomic mass is 79.9. The molecule has 1 unspecified atom stereocenters. The van der Waals surface area contributed by atoms with Gasteiger partial charge in [-0.1, -0.05) is 22.0 Å². The Bertz CT molecular complexity index is 575. The molecule has 6 nitrogen and oxygen atoms in total. The maximum atomic E-state index is 12.6. The fourth-order valence-electron chi connectivity index (χ4n) is 1.77. The Morgan fingerprint density at radius 3 is 1.92 bits per heavy atom. The number of imide groups is 1. The van der Waals surface area contributed by atoms with E-state index in [9.17, 15) is 9.59 Å². The lowest BCUT2D eigenvalue weighted by atomic mass is 10.2. The number of ether oxygens (including phenoxy) is 2. The van der Waals surface area contributed by atoms with Gasteiger partial charge in [-0.3, -0.25) is 0 Å². The topological polar surface area (TPSA) is 68.7 Å². The number of carbonyl (C=O) groups is 2. The van der Waals surface area contributed by atoms with Gasteiger partial charge < -0.3 is 9.47 Å². The molecule has 0 saturated carbocycles. The molecule has 0 saturated heterocycles. The van der Waals surface area contributed by atoms with Crippen molar-refractivity contribution in [1.29, 1.82) is 0 Å². The Labute approximate surface area is 151 Å². The SMILES string of the molecule is CC(Br)c1cccnc1N(C(=O)OC(C)(C)C)C(=O)OC(C)(C)C. The predicted octanol–water partition coefficient (Wildman–Crippen LogP) is 5.21. The fraction of sp³-hybridized carbons (Fsp3) is 0.588. The molecule has 0 aliphatic rings. The van der Waals surface area contributed by atoms with Crippen LogP contribution in [0.25, 0.3) is 0 Å². The number of aromatic nitrogens is 1. The molecular formula is C17H25BrN2O4. The smallest absolute Gasteiger partial charge is 0.425 e. The van der Waals surface area contributed by atoms with E-state index in [2.05, 4.69) is 20.9 Å².